The molecule has 2 aliphatic heterocycles. The Morgan fingerprint density at radius 3 is 2.81 bits per heavy atom. The molecule has 0 aromatic heterocycles. The smallest absolute Gasteiger partial charge is 0.408 e. The van der Waals surface area contributed by atoms with Crippen LogP contribution in [0.4, 0.5) is 4.79 Å². The van der Waals surface area contributed by atoms with Crippen molar-refractivity contribution in [2.24, 2.45) is 5.92 Å². The molecule has 31 heavy (non-hydrogen) atoms. The lowest BCUT2D eigenvalue weighted by molar-refractivity contribution is -0.141. The van der Waals surface area contributed by atoms with E-state index in [0.29, 0.717) is 32.5 Å². The minimum absolute atomic E-state index is 0.274. The van der Waals surface area contributed by atoms with E-state index in [9.17, 15) is 14.7 Å². The molecule has 0 bridgehead atoms. The summed E-state index contributed by atoms with van der Waals surface area (Å²) in [5, 5.41) is 14.6. The number of fused-ring (bicyclic) bond motifs is 1. The van der Waals surface area contributed by atoms with Crippen molar-refractivity contribution in [1.82, 2.24) is 5.32 Å². The number of carbonyl (C=O) groups is 2. The van der Waals surface area contributed by atoms with Crippen molar-refractivity contribution in [1.29, 1.82) is 0 Å². The van der Waals surface area contributed by atoms with Gasteiger partial charge in [-0.3, -0.25) is 0 Å². The number of aliphatic carboxylic acids is 1. The minimum atomic E-state index is -1.13. The van der Waals surface area contributed by atoms with Crippen molar-refractivity contribution in [2.75, 3.05) is 13.2 Å². The lowest BCUT2D eigenvalue weighted by Gasteiger charge is -2.25. The van der Waals surface area contributed by atoms with Gasteiger partial charge in [-0.25, -0.2) is 9.59 Å². The summed E-state index contributed by atoms with van der Waals surface area (Å²) < 4.78 is 16.8. The number of benzene rings is 2. The maximum atomic E-state index is 12.3. The van der Waals surface area contributed by atoms with E-state index in [1.807, 2.05) is 42.5 Å². The number of hydrogen-bond donors (Lipinski definition) is 2. The number of carbonyl (C=O) groups excluding carboxylic acids is 1. The standard InChI is InChI=1S/C24H27NO6/c1-2-6-20-19(22(23(26)27)25-24(28)30-16-11-12-29-14-16)13-21(31-20)18-10-5-8-15-7-3-4-9-17(15)18/h2-5,7-10,16,19-22H,1,6,11-14H2,(H,25,28)(H,26,27)/t16?,19?,20-,21?,22?/m0/s1. The van der Waals surface area contributed by atoms with Crippen molar-refractivity contribution in [2.45, 2.75) is 43.6 Å². The number of nitrogens with one attached hydrogen (secondary N) is 1. The molecule has 1 amide bonds. The van der Waals surface area contributed by atoms with Gasteiger partial charge in [0.05, 0.1) is 25.4 Å². The van der Waals surface area contributed by atoms with Gasteiger partial charge in [-0.2, -0.15) is 0 Å². The summed E-state index contributed by atoms with van der Waals surface area (Å²) in [6.07, 6.45) is 1.55. The van der Waals surface area contributed by atoms with Crippen LogP contribution in [0.2, 0.25) is 0 Å². The summed E-state index contributed by atoms with van der Waals surface area (Å²) in [6.45, 7) is 4.65. The zero-order valence-corrected chi connectivity index (χ0v) is 17.2. The van der Waals surface area contributed by atoms with E-state index in [4.69, 9.17) is 14.2 Å². The van der Waals surface area contributed by atoms with Gasteiger partial charge in [0.25, 0.3) is 0 Å². The van der Waals surface area contributed by atoms with Crippen LogP contribution in [0.25, 0.3) is 10.8 Å². The maximum absolute atomic E-state index is 12.3. The van der Waals surface area contributed by atoms with E-state index in [-0.39, 0.29) is 18.3 Å². The van der Waals surface area contributed by atoms with E-state index in [0.717, 1.165) is 16.3 Å². The Kier molecular flexibility index (Phi) is 6.53. The van der Waals surface area contributed by atoms with Crippen LogP contribution in [0.3, 0.4) is 0 Å². The molecule has 5 atom stereocenters. The Morgan fingerprint density at radius 1 is 1.26 bits per heavy atom. The molecular formula is C24H27NO6. The lowest BCUT2D eigenvalue weighted by Crippen LogP contribution is -2.49. The third kappa shape index (κ3) is 4.73. The van der Waals surface area contributed by atoms with E-state index in [2.05, 4.69) is 11.9 Å². The van der Waals surface area contributed by atoms with Crippen LogP contribution < -0.4 is 5.32 Å². The first-order valence-electron chi connectivity index (χ1n) is 10.6. The molecule has 2 aromatic carbocycles. The Labute approximate surface area is 181 Å². The summed E-state index contributed by atoms with van der Waals surface area (Å²) in [6, 6.07) is 12.9. The quantitative estimate of drug-likeness (QED) is 0.655. The van der Waals surface area contributed by atoms with Crippen LogP contribution in [0.1, 0.15) is 30.9 Å². The molecule has 0 spiro atoms. The largest absolute Gasteiger partial charge is 0.480 e. The first kappa shape index (κ1) is 21.3. The fourth-order valence-electron chi connectivity index (χ4n) is 4.51. The van der Waals surface area contributed by atoms with Gasteiger partial charge >= 0.3 is 12.1 Å². The molecule has 2 saturated heterocycles. The van der Waals surface area contributed by atoms with Gasteiger partial charge in [-0.1, -0.05) is 48.5 Å². The molecular weight excluding hydrogens is 398 g/mol. The van der Waals surface area contributed by atoms with Gasteiger partial charge in [0.2, 0.25) is 0 Å². The number of hydrogen-bond acceptors (Lipinski definition) is 5. The third-order valence-electron chi connectivity index (χ3n) is 6.00. The third-order valence-corrected chi connectivity index (χ3v) is 6.00. The van der Waals surface area contributed by atoms with Crippen molar-refractivity contribution >= 4 is 22.8 Å². The minimum Gasteiger partial charge on any atom is -0.480 e. The van der Waals surface area contributed by atoms with Crippen molar-refractivity contribution in [3.63, 3.8) is 0 Å². The number of alkyl carbamates (subject to hydrolysis) is 1. The zero-order chi connectivity index (χ0) is 21.8. The normalized spacial score (nSPS) is 26.5. The van der Waals surface area contributed by atoms with Crippen LogP contribution in [-0.2, 0) is 19.0 Å². The maximum Gasteiger partial charge on any atom is 0.408 e. The van der Waals surface area contributed by atoms with Crippen LogP contribution >= 0.6 is 0 Å². The van der Waals surface area contributed by atoms with Gasteiger partial charge in [-0.15, -0.1) is 6.58 Å². The predicted octanol–water partition coefficient (Wildman–Crippen LogP) is 3.83. The Morgan fingerprint density at radius 2 is 2.06 bits per heavy atom. The summed E-state index contributed by atoms with van der Waals surface area (Å²) in [5.41, 5.74) is 1.02. The average molecular weight is 425 g/mol. The number of amides is 1. The topological polar surface area (TPSA) is 94.1 Å². The molecule has 4 unspecified atom stereocenters. The van der Waals surface area contributed by atoms with Crippen LogP contribution in [0, 0.1) is 5.92 Å². The Bertz CT molecular complexity index is 949. The molecule has 2 heterocycles. The predicted molar refractivity (Wildman–Crippen MR) is 115 cm³/mol. The second-order valence-corrected chi connectivity index (χ2v) is 8.01. The van der Waals surface area contributed by atoms with Gasteiger partial charge in [0, 0.05) is 12.3 Å². The fraction of sp³-hybridized carbons (Fsp3) is 0.417. The zero-order valence-electron chi connectivity index (χ0n) is 17.2. The molecule has 2 N–H and O–H groups in total. The molecule has 2 aromatic rings. The highest BCUT2D eigenvalue weighted by molar-refractivity contribution is 5.86. The second kappa shape index (κ2) is 9.49. The molecule has 0 aliphatic carbocycles. The van der Waals surface area contributed by atoms with E-state index in [1.165, 1.54) is 0 Å². The second-order valence-electron chi connectivity index (χ2n) is 8.01. The highest BCUT2D eigenvalue weighted by Gasteiger charge is 2.44. The molecule has 4 rings (SSSR count). The summed E-state index contributed by atoms with van der Waals surface area (Å²) >= 11 is 0. The van der Waals surface area contributed by atoms with E-state index < -0.39 is 24.0 Å². The summed E-state index contributed by atoms with van der Waals surface area (Å²) in [7, 11) is 0. The lowest BCUT2D eigenvalue weighted by atomic mass is 9.87. The van der Waals surface area contributed by atoms with Crippen LogP contribution in [0.5, 0.6) is 0 Å². The highest BCUT2D eigenvalue weighted by Crippen LogP contribution is 2.42. The molecule has 7 heteroatoms. The molecule has 7 nitrogen and oxygen atoms in total. The van der Waals surface area contributed by atoms with E-state index >= 15 is 0 Å². The highest BCUT2D eigenvalue weighted by atomic mass is 16.6. The first-order valence-corrected chi connectivity index (χ1v) is 10.6. The summed E-state index contributed by atoms with van der Waals surface area (Å²) in [4.78, 5) is 24.4. The van der Waals surface area contributed by atoms with Gasteiger partial charge in [0.15, 0.2) is 0 Å². The Hall–Kier alpha value is -2.90. The van der Waals surface area contributed by atoms with Crippen molar-refractivity contribution in [3.05, 3.63) is 60.7 Å². The molecule has 0 saturated carbocycles. The first-order chi connectivity index (χ1) is 15.1. The number of carboxylic acids is 1. The Balaban J connectivity index is 1.55. The number of carboxylic acid groups (broad SMARTS) is 1. The summed E-state index contributed by atoms with van der Waals surface area (Å²) in [5.74, 6) is -1.53. The fourth-order valence-corrected chi connectivity index (χ4v) is 4.51. The molecule has 0 radical (unpaired) electrons. The SMILES string of the molecule is C=CC[C@@H]1OC(c2cccc3ccccc23)CC1C(NC(=O)OC1CCOC1)C(=O)O. The number of rotatable bonds is 7. The van der Waals surface area contributed by atoms with Crippen molar-refractivity contribution < 1.29 is 28.9 Å². The number of ether oxygens (including phenoxy) is 3. The molecule has 2 aliphatic rings. The van der Waals surface area contributed by atoms with Crippen LogP contribution in [0.15, 0.2) is 55.1 Å². The van der Waals surface area contributed by atoms with Gasteiger partial charge in [-0.05, 0) is 29.2 Å². The average Bonchev–Trinajstić information content (AvgIpc) is 3.42. The van der Waals surface area contributed by atoms with Gasteiger partial charge in [0.1, 0.15) is 12.1 Å². The van der Waals surface area contributed by atoms with Crippen molar-refractivity contribution in [3.8, 4) is 0 Å². The monoisotopic (exact) mass is 425 g/mol. The molecule has 2 fully saturated rings. The molecule has 164 valence electrons. The van der Waals surface area contributed by atoms with E-state index in [1.54, 1.807) is 6.08 Å². The van der Waals surface area contributed by atoms with Crippen LogP contribution in [-0.4, -0.2) is 48.6 Å². The van der Waals surface area contributed by atoms with Gasteiger partial charge < -0.3 is 24.6 Å².